The van der Waals surface area contributed by atoms with E-state index < -0.39 is 0 Å². The lowest BCUT2D eigenvalue weighted by atomic mass is 10.1. The smallest absolute Gasteiger partial charge is 0.127 e. The van der Waals surface area contributed by atoms with Gasteiger partial charge in [0, 0.05) is 4.88 Å². The fourth-order valence-corrected chi connectivity index (χ4v) is 2.30. The lowest BCUT2D eigenvalue weighted by Crippen LogP contribution is -1.75. The zero-order chi connectivity index (χ0) is 10.1. The van der Waals surface area contributed by atoms with Gasteiger partial charge in [0.25, 0.3) is 0 Å². The van der Waals surface area contributed by atoms with Crippen LogP contribution in [0.5, 0.6) is 11.5 Å². The third kappa shape index (κ3) is 1.46. The molecule has 2 N–H and O–H groups in total. The summed E-state index contributed by atoms with van der Waals surface area (Å²) < 4.78 is 0. The normalized spacial score (nSPS) is 10.4. The number of benzene rings is 1. The average molecular weight is 206 g/mol. The van der Waals surface area contributed by atoms with Gasteiger partial charge in [-0.25, -0.2) is 0 Å². The lowest BCUT2D eigenvalue weighted by Gasteiger charge is -2.03. The Morgan fingerprint density at radius 1 is 1.14 bits per heavy atom. The molecule has 0 aliphatic rings. The van der Waals surface area contributed by atoms with Crippen LogP contribution in [0.15, 0.2) is 29.6 Å². The molecular weight excluding hydrogens is 196 g/mol. The van der Waals surface area contributed by atoms with Gasteiger partial charge in [0.1, 0.15) is 11.5 Å². The SMILES string of the molecule is Cc1csc(-c2c(O)cccc2O)c1. The standard InChI is InChI=1S/C11H10O2S/c1-7-5-10(14-6-7)11-8(12)3-2-4-9(11)13/h2-6,12-13H,1H3. The van der Waals surface area contributed by atoms with Crippen LogP contribution in [0, 0.1) is 6.92 Å². The van der Waals surface area contributed by atoms with Crippen LogP contribution >= 0.6 is 11.3 Å². The fourth-order valence-electron chi connectivity index (χ4n) is 1.34. The second-order valence-corrected chi connectivity index (χ2v) is 4.07. The first-order chi connectivity index (χ1) is 6.68. The highest BCUT2D eigenvalue weighted by atomic mass is 32.1. The summed E-state index contributed by atoms with van der Waals surface area (Å²) in [6.45, 7) is 1.98. The Morgan fingerprint density at radius 3 is 2.29 bits per heavy atom. The predicted octanol–water partition coefficient (Wildman–Crippen LogP) is 3.13. The van der Waals surface area contributed by atoms with E-state index in [2.05, 4.69) is 0 Å². The molecule has 1 aromatic heterocycles. The van der Waals surface area contributed by atoms with Crippen molar-refractivity contribution >= 4 is 11.3 Å². The van der Waals surface area contributed by atoms with Crippen LogP contribution in [-0.4, -0.2) is 10.2 Å². The van der Waals surface area contributed by atoms with Gasteiger partial charge in [0.15, 0.2) is 0 Å². The second-order valence-electron chi connectivity index (χ2n) is 3.16. The number of thiophene rings is 1. The molecule has 3 heteroatoms. The van der Waals surface area contributed by atoms with Crippen LogP contribution in [0.4, 0.5) is 0 Å². The third-order valence-corrected chi connectivity index (χ3v) is 3.06. The van der Waals surface area contributed by atoms with Crippen LogP contribution < -0.4 is 0 Å². The van der Waals surface area contributed by atoms with Gasteiger partial charge in [-0.15, -0.1) is 11.3 Å². The molecule has 0 radical (unpaired) electrons. The molecule has 0 fully saturated rings. The number of phenolic OH excluding ortho intramolecular Hbond substituents is 2. The highest BCUT2D eigenvalue weighted by molar-refractivity contribution is 7.13. The summed E-state index contributed by atoms with van der Waals surface area (Å²) >= 11 is 1.51. The van der Waals surface area contributed by atoms with E-state index in [4.69, 9.17) is 0 Å². The van der Waals surface area contributed by atoms with Crippen LogP contribution in [0.2, 0.25) is 0 Å². The number of rotatable bonds is 1. The van der Waals surface area contributed by atoms with Gasteiger partial charge >= 0.3 is 0 Å². The Morgan fingerprint density at radius 2 is 1.79 bits per heavy atom. The lowest BCUT2D eigenvalue weighted by molar-refractivity contribution is 0.454. The number of aromatic hydroxyl groups is 2. The Kier molecular flexibility index (Phi) is 2.17. The summed E-state index contributed by atoms with van der Waals surface area (Å²) in [7, 11) is 0. The maximum Gasteiger partial charge on any atom is 0.127 e. The molecule has 1 aromatic carbocycles. The van der Waals surface area contributed by atoms with Crippen molar-refractivity contribution in [1.82, 2.24) is 0 Å². The summed E-state index contributed by atoms with van der Waals surface area (Å²) in [6, 6.07) is 6.71. The van der Waals surface area contributed by atoms with Gasteiger partial charge in [-0.1, -0.05) is 6.07 Å². The summed E-state index contributed by atoms with van der Waals surface area (Å²) in [5.74, 6) is 0.235. The van der Waals surface area contributed by atoms with Crippen molar-refractivity contribution in [3.63, 3.8) is 0 Å². The molecule has 0 aliphatic heterocycles. The van der Waals surface area contributed by atoms with Gasteiger partial charge in [-0.3, -0.25) is 0 Å². The van der Waals surface area contributed by atoms with E-state index in [1.165, 1.54) is 11.3 Å². The molecule has 0 saturated carbocycles. The second kappa shape index (κ2) is 3.35. The van der Waals surface area contributed by atoms with E-state index in [0.717, 1.165) is 10.4 Å². The molecule has 2 nitrogen and oxygen atoms in total. The van der Waals surface area contributed by atoms with Crippen molar-refractivity contribution in [2.45, 2.75) is 6.92 Å². The van der Waals surface area contributed by atoms with Crippen molar-refractivity contribution in [2.75, 3.05) is 0 Å². The van der Waals surface area contributed by atoms with E-state index in [1.807, 2.05) is 18.4 Å². The Hall–Kier alpha value is -1.48. The quantitative estimate of drug-likeness (QED) is 0.752. The molecule has 0 saturated heterocycles. The first kappa shape index (κ1) is 9.09. The number of hydrogen-bond donors (Lipinski definition) is 2. The van der Waals surface area contributed by atoms with Crippen molar-refractivity contribution in [3.05, 3.63) is 35.2 Å². The molecular formula is C11H10O2S. The molecule has 0 atom stereocenters. The predicted molar refractivity (Wildman–Crippen MR) is 57.8 cm³/mol. The van der Waals surface area contributed by atoms with Gasteiger partial charge in [-0.05, 0) is 36.1 Å². The van der Waals surface area contributed by atoms with Crippen LogP contribution in [-0.2, 0) is 0 Å². The van der Waals surface area contributed by atoms with E-state index in [-0.39, 0.29) is 11.5 Å². The van der Waals surface area contributed by atoms with E-state index >= 15 is 0 Å². The highest BCUT2D eigenvalue weighted by Gasteiger charge is 2.10. The van der Waals surface area contributed by atoms with Crippen molar-refractivity contribution < 1.29 is 10.2 Å². The molecule has 0 unspecified atom stereocenters. The monoisotopic (exact) mass is 206 g/mol. The minimum absolute atomic E-state index is 0.117. The van der Waals surface area contributed by atoms with Gasteiger partial charge < -0.3 is 10.2 Å². The molecule has 0 bridgehead atoms. The average Bonchev–Trinajstić information content (AvgIpc) is 2.51. The van der Waals surface area contributed by atoms with Gasteiger partial charge in [0.05, 0.1) is 5.56 Å². The molecule has 2 aromatic rings. The summed E-state index contributed by atoms with van der Waals surface area (Å²) in [5.41, 5.74) is 1.65. The van der Waals surface area contributed by atoms with Crippen LogP contribution in [0.1, 0.15) is 5.56 Å². The molecule has 2 rings (SSSR count). The number of phenols is 2. The van der Waals surface area contributed by atoms with Crippen molar-refractivity contribution in [2.24, 2.45) is 0 Å². The van der Waals surface area contributed by atoms with Gasteiger partial charge in [-0.2, -0.15) is 0 Å². The molecule has 0 amide bonds. The summed E-state index contributed by atoms with van der Waals surface area (Å²) in [4.78, 5) is 0.887. The largest absolute Gasteiger partial charge is 0.507 e. The van der Waals surface area contributed by atoms with Crippen molar-refractivity contribution in [1.29, 1.82) is 0 Å². The molecule has 1 heterocycles. The van der Waals surface area contributed by atoms with E-state index in [9.17, 15) is 10.2 Å². The maximum absolute atomic E-state index is 9.60. The van der Waals surface area contributed by atoms with E-state index in [1.54, 1.807) is 18.2 Å². The minimum Gasteiger partial charge on any atom is -0.507 e. The first-order valence-corrected chi connectivity index (χ1v) is 5.13. The fraction of sp³-hybridized carbons (Fsp3) is 0.0909. The molecule has 14 heavy (non-hydrogen) atoms. The minimum atomic E-state index is 0.117. The molecule has 72 valence electrons. The third-order valence-electron chi connectivity index (χ3n) is 2.00. The summed E-state index contributed by atoms with van der Waals surface area (Å²) in [5, 5.41) is 21.2. The maximum atomic E-state index is 9.60. The van der Waals surface area contributed by atoms with E-state index in [0.29, 0.717) is 5.56 Å². The topological polar surface area (TPSA) is 40.5 Å². The summed E-state index contributed by atoms with van der Waals surface area (Å²) in [6.07, 6.45) is 0. The number of aryl methyl sites for hydroxylation is 1. The van der Waals surface area contributed by atoms with Crippen LogP contribution in [0.3, 0.4) is 0 Å². The first-order valence-electron chi connectivity index (χ1n) is 4.25. The Bertz CT molecular complexity index is 440. The highest BCUT2D eigenvalue weighted by Crippen LogP contribution is 2.39. The zero-order valence-electron chi connectivity index (χ0n) is 7.69. The Balaban J connectivity index is 2.61. The van der Waals surface area contributed by atoms with Crippen LogP contribution in [0.25, 0.3) is 10.4 Å². The molecule has 0 aliphatic carbocycles. The Labute approximate surface area is 86.1 Å². The molecule has 0 spiro atoms. The van der Waals surface area contributed by atoms with Crippen molar-refractivity contribution in [3.8, 4) is 21.9 Å². The number of hydrogen-bond acceptors (Lipinski definition) is 3. The van der Waals surface area contributed by atoms with Gasteiger partial charge in [0.2, 0.25) is 0 Å². The zero-order valence-corrected chi connectivity index (χ0v) is 8.51.